The fraction of sp³-hybridized carbons (Fsp3) is 0.0189. The smallest absolute Gasteiger partial charge is 0.0755 e. The van der Waals surface area contributed by atoms with Gasteiger partial charge in [0.1, 0.15) is 0 Å². The van der Waals surface area contributed by atoms with Crippen LogP contribution in [0.15, 0.2) is 400 Å². The quantitative estimate of drug-likeness (QED) is 0.143. The average Bonchev–Trinajstić information content (AvgIpc) is 1.49. The van der Waals surface area contributed by atoms with Crippen molar-refractivity contribution in [2.45, 2.75) is 10.8 Å². The summed E-state index contributed by atoms with van der Waals surface area (Å²) in [6.45, 7) is 0. The van der Waals surface area contributed by atoms with Gasteiger partial charge in [-0.3, -0.25) is 0 Å². The Morgan fingerprint density at radius 3 is 1.32 bits per heavy atom. The summed E-state index contributed by atoms with van der Waals surface area (Å²) >= 11 is 0. The van der Waals surface area contributed by atoms with E-state index in [0.29, 0.717) is 0 Å². The lowest BCUT2D eigenvalue weighted by Gasteiger charge is -2.40. The number of rotatable bonds is 9. The van der Waals surface area contributed by atoms with Gasteiger partial charge in [-0.05, 0) is 225 Å². The van der Waals surface area contributed by atoms with Gasteiger partial charge in [-0.25, -0.2) is 0 Å². The van der Waals surface area contributed by atoms with Crippen molar-refractivity contribution in [3.05, 3.63) is 445 Å². The molecule has 110 heavy (non-hydrogen) atoms. The number of aromatic nitrogens is 2. The lowest BCUT2D eigenvalue weighted by Crippen LogP contribution is -2.33. The van der Waals surface area contributed by atoms with Gasteiger partial charge in [-0.15, -0.1) is 0 Å². The molecule has 4 aliphatic rings. The van der Waals surface area contributed by atoms with Crippen molar-refractivity contribution < 1.29 is 0 Å². The van der Waals surface area contributed by atoms with E-state index in [1.165, 1.54) is 171 Å². The summed E-state index contributed by atoms with van der Waals surface area (Å²) < 4.78 is 5.09. The van der Waals surface area contributed by atoms with Crippen LogP contribution in [0.1, 0.15) is 44.5 Å². The fourth-order valence-electron chi connectivity index (χ4n) is 20.3. The highest BCUT2D eigenvalue weighted by Crippen LogP contribution is 2.64. The largest absolute Gasteiger partial charge is 0.310 e. The Balaban J connectivity index is 0.599. The second kappa shape index (κ2) is 23.1. The molecule has 0 saturated heterocycles. The van der Waals surface area contributed by atoms with Gasteiger partial charge in [-0.1, -0.05) is 291 Å². The zero-order chi connectivity index (χ0) is 71.9. The molecule has 2 spiro atoms. The lowest BCUT2D eigenvalue weighted by molar-refractivity contribution is 0.748. The zero-order valence-electron chi connectivity index (χ0n) is 59.9. The van der Waals surface area contributed by atoms with Gasteiger partial charge in [0.2, 0.25) is 0 Å². The van der Waals surface area contributed by atoms with Crippen LogP contribution in [0.4, 0.5) is 34.1 Å². The van der Waals surface area contributed by atoms with Crippen LogP contribution in [0.3, 0.4) is 0 Å². The number of nitrogens with zero attached hydrogens (tertiary/aromatic N) is 4. The van der Waals surface area contributed by atoms with Gasteiger partial charge in [0.25, 0.3) is 0 Å². The highest BCUT2D eigenvalue weighted by atomic mass is 15.2. The summed E-state index contributed by atoms with van der Waals surface area (Å²) in [5, 5.41) is 9.84. The minimum absolute atomic E-state index is 0.525. The third kappa shape index (κ3) is 8.34. The standard InChI is InChI=1S/C106H66N4/c1-3-22-67(23-4-1)68-48-55-78(56-49-68)108(98-43-19-25-71-24-7-8-28-81(71)98)80-57-59-84-82-29-9-12-34-90(82)106(97(84)66-80)94-37-15-18-42-102(94)110-100-61-52-74(64-89(100)87-33-21-39-96(106)104(87)110)73-47-45-70-44-46-72(62-75(70)63-73)69-50-53-77(54-51-69)107(76-26-5-2-6-27-76)79-58-60-92-88(65-79)83-30-10-13-35-91(83)105(92)93-36-14-17-41-101(93)109-99-40-16-11-31-85(99)86-32-20-38-95(105)103(86)109/h1-66H. The van der Waals surface area contributed by atoms with E-state index in [1.807, 2.05) is 0 Å². The van der Waals surface area contributed by atoms with Crippen molar-refractivity contribution in [3.8, 4) is 67.0 Å². The number of para-hydroxylation sites is 6. The van der Waals surface area contributed by atoms with E-state index in [2.05, 4.69) is 419 Å². The van der Waals surface area contributed by atoms with Gasteiger partial charge in [0, 0.05) is 55.4 Å². The second-order valence-electron chi connectivity index (χ2n) is 30.1. The minimum Gasteiger partial charge on any atom is -0.310 e. The maximum absolute atomic E-state index is 2.57. The van der Waals surface area contributed by atoms with E-state index in [1.54, 1.807) is 0 Å². The van der Waals surface area contributed by atoms with Crippen LogP contribution in [0.25, 0.3) is 132 Å². The Labute approximate surface area is 636 Å². The van der Waals surface area contributed by atoms with Gasteiger partial charge < -0.3 is 18.9 Å². The molecule has 0 saturated carbocycles. The average molecular weight is 1400 g/mol. The van der Waals surface area contributed by atoms with E-state index < -0.39 is 10.8 Å². The highest BCUT2D eigenvalue weighted by Gasteiger charge is 2.53. The zero-order valence-corrected chi connectivity index (χ0v) is 59.9. The molecule has 2 aliphatic heterocycles. The molecule has 2 unspecified atom stereocenters. The number of hydrogen-bond acceptors (Lipinski definition) is 2. The monoisotopic (exact) mass is 1390 g/mol. The van der Waals surface area contributed by atoms with Crippen molar-refractivity contribution >= 4 is 99.3 Å². The van der Waals surface area contributed by atoms with Crippen molar-refractivity contribution in [3.63, 3.8) is 0 Å². The third-order valence-electron chi connectivity index (χ3n) is 24.8. The summed E-state index contributed by atoms with van der Waals surface area (Å²) in [6.07, 6.45) is 0. The molecule has 2 atom stereocenters. The summed E-state index contributed by atoms with van der Waals surface area (Å²) in [5.41, 5.74) is 35.4. The molecule has 0 radical (unpaired) electrons. The van der Waals surface area contributed by atoms with Crippen LogP contribution in [-0.4, -0.2) is 9.13 Å². The van der Waals surface area contributed by atoms with Gasteiger partial charge in [0.05, 0.1) is 50.0 Å². The Morgan fingerprint density at radius 1 is 0.191 bits per heavy atom. The first-order chi connectivity index (χ1) is 54.6. The van der Waals surface area contributed by atoms with Crippen LogP contribution < -0.4 is 9.80 Å². The van der Waals surface area contributed by atoms with Crippen LogP contribution in [-0.2, 0) is 10.8 Å². The molecule has 2 aromatic heterocycles. The molecule has 4 nitrogen and oxygen atoms in total. The van der Waals surface area contributed by atoms with Crippen LogP contribution >= 0.6 is 0 Å². The van der Waals surface area contributed by atoms with E-state index in [9.17, 15) is 0 Å². The topological polar surface area (TPSA) is 16.3 Å². The lowest BCUT2D eigenvalue weighted by atomic mass is 9.65. The Bertz CT molecular complexity index is 7280. The highest BCUT2D eigenvalue weighted by molar-refractivity contribution is 6.16. The predicted octanol–water partition coefficient (Wildman–Crippen LogP) is 27.5. The molecule has 24 rings (SSSR count). The van der Waals surface area contributed by atoms with Crippen molar-refractivity contribution in [2.24, 2.45) is 0 Å². The van der Waals surface area contributed by atoms with Gasteiger partial charge >= 0.3 is 0 Å². The summed E-state index contributed by atoms with van der Waals surface area (Å²) in [6, 6.07) is 151. The third-order valence-corrected chi connectivity index (χ3v) is 24.8. The molecule has 20 aromatic rings. The Hall–Kier alpha value is -14.3. The molecule has 0 fully saturated rings. The summed E-state index contributed by atoms with van der Waals surface area (Å²) in [5.74, 6) is 0. The number of benzene rings is 18. The predicted molar refractivity (Wildman–Crippen MR) is 458 cm³/mol. The maximum Gasteiger partial charge on any atom is 0.0755 e. The van der Waals surface area contributed by atoms with Gasteiger partial charge in [0.15, 0.2) is 0 Å². The number of anilines is 6. The fourth-order valence-corrected chi connectivity index (χ4v) is 20.3. The van der Waals surface area contributed by atoms with E-state index in [-0.39, 0.29) is 0 Å². The SMILES string of the molecule is c1ccc(-c2ccc(N(c3ccc4c(c3)C3(c5ccccc5-4)c4ccccc4-n4c5ccc(-c6ccc7ccc(-c8ccc(N(c9ccccc9)c9ccc%10c(c9)-c9ccccc9C%109c%10ccccc%10-n%10c%11ccccc%11c%11cccc9c%11%10)cc8)cc7c6)cc5c5cccc3c54)c3cccc4ccccc34)cc2)cc1. The first-order valence-electron chi connectivity index (χ1n) is 38.3. The molecule has 0 amide bonds. The number of hydrogen-bond donors (Lipinski definition) is 0. The first-order valence-corrected chi connectivity index (χ1v) is 38.3. The Kier molecular flexibility index (Phi) is 12.8. The molecule has 0 bridgehead atoms. The minimum atomic E-state index is -0.643. The molecule has 18 aromatic carbocycles. The van der Waals surface area contributed by atoms with Gasteiger partial charge in [-0.2, -0.15) is 0 Å². The molecule has 4 heterocycles. The maximum atomic E-state index is 2.57. The van der Waals surface area contributed by atoms with Crippen LogP contribution in [0.2, 0.25) is 0 Å². The summed E-state index contributed by atoms with van der Waals surface area (Å²) in [4.78, 5) is 4.90. The second-order valence-corrected chi connectivity index (χ2v) is 30.1. The van der Waals surface area contributed by atoms with E-state index >= 15 is 0 Å². The van der Waals surface area contributed by atoms with Crippen LogP contribution in [0, 0.1) is 0 Å². The first kappa shape index (κ1) is 60.9. The molecule has 0 N–H and O–H groups in total. The molecular formula is C106H66N4. The van der Waals surface area contributed by atoms with Crippen molar-refractivity contribution in [1.29, 1.82) is 0 Å². The molecular weight excluding hydrogens is 1330 g/mol. The molecule has 2 aliphatic carbocycles. The molecule has 4 heteroatoms. The normalized spacial score (nSPS) is 15.2. The summed E-state index contributed by atoms with van der Waals surface area (Å²) in [7, 11) is 0. The van der Waals surface area contributed by atoms with E-state index in [0.717, 1.165) is 39.7 Å². The van der Waals surface area contributed by atoms with E-state index in [4.69, 9.17) is 0 Å². The van der Waals surface area contributed by atoms with Crippen molar-refractivity contribution in [2.75, 3.05) is 9.80 Å². The van der Waals surface area contributed by atoms with Crippen LogP contribution in [0.5, 0.6) is 0 Å². The molecule has 510 valence electrons. The number of fused-ring (bicyclic) bond motifs is 26. The van der Waals surface area contributed by atoms with Crippen molar-refractivity contribution in [1.82, 2.24) is 9.13 Å². The Morgan fingerprint density at radius 2 is 0.618 bits per heavy atom.